The molecule has 0 saturated carbocycles. The van der Waals surface area contributed by atoms with Gasteiger partial charge in [0.05, 0.1) is 34.0 Å². The molecule has 0 amide bonds. The lowest BCUT2D eigenvalue weighted by Gasteiger charge is -2.18. The van der Waals surface area contributed by atoms with Crippen LogP contribution in [0, 0.1) is 0 Å². The third kappa shape index (κ3) is 5.78. The maximum Gasteiger partial charge on any atom is 0.418 e. The normalized spacial score (nSPS) is 11.4. The Morgan fingerprint density at radius 1 is 0.391 bits per heavy atom. The Balaban J connectivity index is 1.48. The van der Waals surface area contributed by atoms with E-state index in [1.165, 1.54) is 12.3 Å². The van der Waals surface area contributed by atoms with Crippen LogP contribution >= 0.6 is 0 Å². The molecule has 7 rings (SSSR count). The first-order chi connectivity index (χ1) is 22.5. The van der Waals surface area contributed by atoms with Crippen LogP contribution in [0.3, 0.4) is 0 Å². The molecule has 4 aromatic heterocycles. The highest BCUT2D eigenvalue weighted by molar-refractivity contribution is 5.94. The van der Waals surface area contributed by atoms with Crippen molar-refractivity contribution >= 4 is 0 Å². The van der Waals surface area contributed by atoms with Crippen LogP contribution in [0.25, 0.3) is 67.5 Å². The SMILES string of the molecule is FC(F)(F)c1cccnc1-c1cccc(-c2cc(-c3ccccc3)c(-c3cccc(-c4ccccn4)n3)cc2-c2ccccc2)n1. The molecule has 0 radical (unpaired) electrons. The van der Waals surface area contributed by atoms with Gasteiger partial charge in [-0.15, -0.1) is 0 Å². The summed E-state index contributed by atoms with van der Waals surface area (Å²) in [6.45, 7) is 0. The number of rotatable bonds is 6. The number of hydrogen-bond acceptors (Lipinski definition) is 4. The number of hydrogen-bond donors (Lipinski definition) is 0. The van der Waals surface area contributed by atoms with Gasteiger partial charge in [-0.3, -0.25) is 9.97 Å². The molecule has 4 nitrogen and oxygen atoms in total. The average molecular weight is 607 g/mol. The largest absolute Gasteiger partial charge is 0.418 e. The standard InChI is InChI=1S/C39H25F3N4/c40-39(41,42)32-16-11-23-44-38(32)37-21-10-19-34(46-37)31-25-28(26-12-3-1-4-13-26)30(24-29(31)27-14-5-2-6-15-27)33-18-9-20-36(45-33)35-17-7-8-22-43-35/h1-25H. The fourth-order valence-corrected chi connectivity index (χ4v) is 5.53. The van der Waals surface area contributed by atoms with Gasteiger partial charge in [0.25, 0.3) is 0 Å². The predicted molar refractivity (Wildman–Crippen MR) is 175 cm³/mol. The van der Waals surface area contributed by atoms with Crippen molar-refractivity contribution in [1.29, 1.82) is 0 Å². The highest BCUT2D eigenvalue weighted by atomic mass is 19.4. The lowest BCUT2D eigenvalue weighted by molar-refractivity contribution is -0.137. The quantitative estimate of drug-likeness (QED) is 0.189. The van der Waals surface area contributed by atoms with Crippen molar-refractivity contribution in [3.8, 4) is 67.5 Å². The van der Waals surface area contributed by atoms with Crippen LogP contribution in [0.4, 0.5) is 13.2 Å². The maximum absolute atomic E-state index is 13.9. The fraction of sp³-hybridized carbons (Fsp3) is 0.0256. The van der Waals surface area contributed by atoms with Crippen LogP contribution in [-0.4, -0.2) is 19.9 Å². The van der Waals surface area contributed by atoms with Crippen LogP contribution in [0.5, 0.6) is 0 Å². The van der Waals surface area contributed by atoms with Crippen LogP contribution < -0.4 is 0 Å². The third-order valence-corrected chi connectivity index (χ3v) is 7.66. The first-order valence-corrected chi connectivity index (χ1v) is 14.6. The van der Waals surface area contributed by atoms with Gasteiger partial charge in [0.2, 0.25) is 0 Å². The van der Waals surface area contributed by atoms with Crippen molar-refractivity contribution in [1.82, 2.24) is 19.9 Å². The van der Waals surface area contributed by atoms with E-state index in [9.17, 15) is 13.2 Å². The minimum absolute atomic E-state index is 0.138. The summed E-state index contributed by atoms with van der Waals surface area (Å²) >= 11 is 0. The van der Waals surface area contributed by atoms with Gasteiger partial charge in [0, 0.05) is 23.5 Å². The molecule has 0 aliphatic heterocycles. The first kappa shape index (κ1) is 28.8. The topological polar surface area (TPSA) is 51.6 Å². The Labute approximate surface area is 264 Å². The second-order valence-corrected chi connectivity index (χ2v) is 10.6. The summed E-state index contributed by atoms with van der Waals surface area (Å²) in [6, 6.07) is 43.0. The fourth-order valence-electron chi connectivity index (χ4n) is 5.53. The van der Waals surface area contributed by atoms with Gasteiger partial charge >= 0.3 is 6.18 Å². The van der Waals surface area contributed by atoms with Crippen molar-refractivity contribution in [3.05, 3.63) is 157 Å². The molecule has 0 aliphatic rings. The highest BCUT2D eigenvalue weighted by Gasteiger charge is 2.34. The summed E-state index contributed by atoms with van der Waals surface area (Å²) in [5.74, 6) is 0. The Bertz CT molecular complexity index is 2130. The van der Waals surface area contributed by atoms with Crippen LogP contribution in [0.1, 0.15) is 5.56 Å². The predicted octanol–water partition coefficient (Wildman–Crippen LogP) is 10.3. The zero-order valence-corrected chi connectivity index (χ0v) is 24.4. The van der Waals surface area contributed by atoms with Crippen molar-refractivity contribution in [2.45, 2.75) is 6.18 Å². The molecule has 0 fully saturated rings. The summed E-state index contributed by atoms with van der Waals surface area (Å²) in [5, 5.41) is 0. The number of alkyl halides is 3. The Morgan fingerprint density at radius 2 is 0.891 bits per heavy atom. The minimum atomic E-state index is -4.57. The zero-order valence-electron chi connectivity index (χ0n) is 24.4. The molecular weight excluding hydrogens is 581 g/mol. The van der Waals surface area contributed by atoms with E-state index in [1.54, 1.807) is 18.3 Å². The molecule has 46 heavy (non-hydrogen) atoms. The molecule has 0 saturated heterocycles. The van der Waals surface area contributed by atoms with Crippen molar-refractivity contribution in [2.75, 3.05) is 0 Å². The van der Waals surface area contributed by atoms with Crippen LogP contribution in [-0.2, 0) is 6.18 Å². The van der Waals surface area contributed by atoms with Gasteiger partial charge < -0.3 is 0 Å². The lowest BCUT2D eigenvalue weighted by atomic mass is 9.88. The molecule has 7 aromatic rings. The molecule has 0 aliphatic carbocycles. The second kappa shape index (κ2) is 12.2. The number of benzene rings is 3. The Hall–Kier alpha value is -5.95. The smallest absolute Gasteiger partial charge is 0.255 e. The molecular formula is C39H25F3N4. The van der Waals surface area contributed by atoms with E-state index in [1.807, 2.05) is 103 Å². The molecule has 0 N–H and O–H groups in total. The Kier molecular flexibility index (Phi) is 7.64. The summed E-state index contributed by atoms with van der Waals surface area (Å²) in [4.78, 5) is 18.4. The van der Waals surface area contributed by atoms with Gasteiger partial charge in [-0.05, 0) is 82.9 Å². The minimum Gasteiger partial charge on any atom is -0.255 e. The number of halogens is 3. The molecule has 0 spiro atoms. The number of aromatic nitrogens is 4. The maximum atomic E-state index is 13.9. The van der Waals surface area contributed by atoms with E-state index in [4.69, 9.17) is 9.97 Å². The monoisotopic (exact) mass is 606 g/mol. The summed E-state index contributed by atoms with van der Waals surface area (Å²) in [5.41, 5.74) is 7.20. The Morgan fingerprint density at radius 3 is 1.46 bits per heavy atom. The van der Waals surface area contributed by atoms with Gasteiger partial charge in [-0.25, -0.2) is 9.97 Å². The molecule has 0 atom stereocenters. The van der Waals surface area contributed by atoms with Gasteiger partial charge in [-0.2, -0.15) is 13.2 Å². The van der Waals surface area contributed by atoms with Crippen LogP contribution in [0.2, 0.25) is 0 Å². The molecule has 7 heteroatoms. The zero-order chi connectivity index (χ0) is 31.5. The van der Waals surface area contributed by atoms with Crippen molar-refractivity contribution in [2.24, 2.45) is 0 Å². The summed E-state index contributed by atoms with van der Waals surface area (Å²) in [6.07, 6.45) is -1.48. The third-order valence-electron chi connectivity index (χ3n) is 7.66. The highest BCUT2D eigenvalue weighted by Crippen LogP contribution is 2.42. The first-order valence-electron chi connectivity index (χ1n) is 14.6. The van der Waals surface area contributed by atoms with Gasteiger partial charge in [0.1, 0.15) is 5.69 Å². The summed E-state index contributed by atoms with van der Waals surface area (Å²) < 4.78 is 41.8. The van der Waals surface area contributed by atoms with E-state index < -0.39 is 11.7 Å². The molecule has 0 bridgehead atoms. The van der Waals surface area contributed by atoms with Gasteiger partial charge in [0.15, 0.2) is 0 Å². The number of pyridine rings is 4. The van der Waals surface area contributed by atoms with E-state index in [0.717, 1.165) is 56.5 Å². The molecule has 4 heterocycles. The van der Waals surface area contributed by atoms with Gasteiger partial charge in [-0.1, -0.05) is 78.9 Å². The number of nitrogens with zero attached hydrogens (tertiary/aromatic N) is 4. The van der Waals surface area contributed by atoms with E-state index in [2.05, 4.69) is 22.1 Å². The molecule has 0 unspecified atom stereocenters. The molecule has 3 aromatic carbocycles. The van der Waals surface area contributed by atoms with Crippen molar-refractivity contribution in [3.63, 3.8) is 0 Å². The van der Waals surface area contributed by atoms with Crippen LogP contribution in [0.15, 0.2) is 152 Å². The average Bonchev–Trinajstić information content (AvgIpc) is 3.12. The lowest BCUT2D eigenvalue weighted by Crippen LogP contribution is -2.08. The molecule has 222 valence electrons. The van der Waals surface area contributed by atoms with Crippen molar-refractivity contribution < 1.29 is 13.2 Å². The summed E-state index contributed by atoms with van der Waals surface area (Å²) in [7, 11) is 0. The second-order valence-electron chi connectivity index (χ2n) is 10.6. The van der Waals surface area contributed by atoms with E-state index in [0.29, 0.717) is 5.69 Å². The van der Waals surface area contributed by atoms with E-state index >= 15 is 0 Å². The van der Waals surface area contributed by atoms with E-state index in [-0.39, 0.29) is 11.4 Å².